The van der Waals surface area contributed by atoms with Crippen molar-refractivity contribution in [3.63, 3.8) is 0 Å². The van der Waals surface area contributed by atoms with Gasteiger partial charge in [-0.05, 0) is 64.8 Å². The smallest absolute Gasteiger partial charge is 0.412 e. The SMILES string of the molecule is CC(C)(C)OC(=O)Nc1ccc2cnc(C3CC3)nc2c1.Cc1ccncn1. The Bertz CT molecular complexity index is 950. The van der Waals surface area contributed by atoms with Crippen molar-refractivity contribution >= 4 is 22.7 Å². The zero-order valence-electron chi connectivity index (χ0n) is 16.6. The number of nitrogens with zero attached hydrogens (tertiary/aromatic N) is 4. The number of hydrogen-bond donors (Lipinski definition) is 1. The number of aryl methyl sites for hydroxylation is 1. The predicted octanol–water partition coefficient (Wildman–Crippen LogP) is 4.64. The molecule has 2 heterocycles. The molecule has 2 aromatic heterocycles. The Hall–Kier alpha value is -3.09. The van der Waals surface area contributed by atoms with E-state index in [2.05, 4.69) is 25.3 Å². The monoisotopic (exact) mass is 379 g/mol. The number of aromatic nitrogens is 4. The van der Waals surface area contributed by atoms with Gasteiger partial charge in [-0.1, -0.05) is 0 Å². The van der Waals surface area contributed by atoms with E-state index in [9.17, 15) is 4.79 Å². The largest absolute Gasteiger partial charge is 0.444 e. The molecule has 1 saturated carbocycles. The van der Waals surface area contributed by atoms with Crippen LogP contribution < -0.4 is 5.32 Å². The highest BCUT2D eigenvalue weighted by molar-refractivity contribution is 5.89. The van der Waals surface area contributed by atoms with Crippen LogP contribution in [0.2, 0.25) is 0 Å². The van der Waals surface area contributed by atoms with Gasteiger partial charge in [-0.3, -0.25) is 5.32 Å². The number of benzene rings is 1. The van der Waals surface area contributed by atoms with Crippen LogP contribution in [0.3, 0.4) is 0 Å². The number of ether oxygens (including phenoxy) is 1. The van der Waals surface area contributed by atoms with E-state index >= 15 is 0 Å². The van der Waals surface area contributed by atoms with Gasteiger partial charge in [0.05, 0.1) is 5.52 Å². The molecule has 0 radical (unpaired) electrons. The average Bonchev–Trinajstić information content (AvgIpc) is 3.46. The minimum absolute atomic E-state index is 0.460. The maximum absolute atomic E-state index is 11.8. The summed E-state index contributed by atoms with van der Waals surface area (Å²) in [6.07, 6.45) is 6.98. The number of nitrogens with one attached hydrogen (secondary N) is 1. The van der Waals surface area contributed by atoms with Gasteiger partial charge in [-0.15, -0.1) is 0 Å². The molecule has 1 aromatic carbocycles. The quantitative estimate of drug-likeness (QED) is 0.698. The lowest BCUT2D eigenvalue weighted by atomic mass is 10.2. The third kappa shape index (κ3) is 5.97. The molecule has 0 aliphatic heterocycles. The Morgan fingerprint density at radius 2 is 1.96 bits per heavy atom. The van der Waals surface area contributed by atoms with Crippen LogP contribution in [0, 0.1) is 6.92 Å². The van der Waals surface area contributed by atoms with Crippen LogP contribution >= 0.6 is 0 Å². The van der Waals surface area contributed by atoms with E-state index in [0.29, 0.717) is 11.6 Å². The van der Waals surface area contributed by atoms with Gasteiger partial charge in [0.2, 0.25) is 0 Å². The maximum Gasteiger partial charge on any atom is 0.412 e. The summed E-state index contributed by atoms with van der Waals surface area (Å²) in [6.45, 7) is 7.44. The first-order valence-electron chi connectivity index (χ1n) is 9.29. The van der Waals surface area contributed by atoms with Crippen molar-refractivity contribution in [3.8, 4) is 0 Å². The number of rotatable bonds is 2. The fourth-order valence-corrected chi connectivity index (χ4v) is 2.43. The van der Waals surface area contributed by atoms with E-state index in [4.69, 9.17) is 4.74 Å². The van der Waals surface area contributed by atoms with E-state index in [1.165, 1.54) is 19.2 Å². The predicted molar refractivity (Wildman–Crippen MR) is 108 cm³/mol. The van der Waals surface area contributed by atoms with Gasteiger partial charge in [0.1, 0.15) is 17.8 Å². The van der Waals surface area contributed by atoms with Crippen molar-refractivity contribution in [2.45, 2.75) is 52.1 Å². The first-order chi connectivity index (χ1) is 13.3. The number of carbonyl (C=O) groups is 1. The second-order valence-corrected chi connectivity index (χ2v) is 7.75. The zero-order valence-corrected chi connectivity index (χ0v) is 16.6. The van der Waals surface area contributed by atoms with Crippen molar-refractivity contribution in [1.29, 1.82) is 0 Å². The molecule has 0 spiro atoms. The molecule has 4 rings (SSSR count). The second kappa shape index (κ2) is 8.29. The molecule has 1 amide bonds. The topological polar surface area (TPSA) is 89.9 Å². The van der Waals surface area contributed by atoms with Gasteiger partial charge >= 0.3 is 6.09 Å². The van der Waals surface area contributed by atoms with Crippen LogP contribution in [0.15, 0.2) is 43.0 Å². The van der Waals surface area contributed by atoms with Gasteiger partial charge in [-0.2, -0.15) is 0 Å². The van der Waals surface area contributed by atoms with Crippen LogP contribution in [-0.4, -0.2) is 31.6 Å². The Labute approximate surface area is 164 Å². The molecule has 28 heavy (non-hydrogen) atoms. The van der Waals surface area contributed by atoms with Crippen molar-refractivity contribution in [1.82, 2.24) is 19.9 Å². The van der Waals surface area contributed by atoms with Crippen molar-refractivity contribution in [3.05, 3.63) is 54.5 Å². The van der Waals surface area contributed by atoms with E-state index in [1.54, 1.807) is 6.20 Å². The van der Waals surface area contributed by atoms with E-state index < -0.39 is 11.7 Å². The zero-order chi connectivity index (χ0) is 20.1. The van der Waals surface area contributed by atoms with E-state index in [0.717, 1.165) is 22.4 Å². The molecule has 1 aliphatic carbocycles. The van der Waals surface area contributed by atoms with E-state index in [-0.39, 0.29) is 0 Å². The summed E-state index contributed by atoms with van der Waals surface area (Å²) >= 11 is 0. The molecule has 0 saturated heterocycles. The summed E-state index contributed by atoms with van der Waals surface area (Å²) in [5.41, 5.74) is 2.02. The minimum Gasteiger partial charge on any atom is -0.444 e. The number of carbonyl (C=O) groups excluding carboxylic acids is 1. The summed E-state index contributed by atoms with van der Waals surface area (Å²) in [5, 5.41) is 3.70. The fraction of sp³-hybridized carbons (Fsp3) is 0.381. The second-order valence-electron chi connectivity index (χ2n) is 7.75. The first kappa shape index (κ1) is 19.7. The van der Waals surface area contributed by atoms with Gasteiger partial charge in [0.25, 0.3) is 0 Å². The Morgan fingerprint density at radius 3 is 2.54 bits per heavy atom. The summed E-state index contributed by atoms with van der Waals surface area (Å²) in [5.74, 6) is 1.41. The first-order valence-corrected chi connectivity index (χ1v) is 9.29. The van der Waals surface area contributed by atoms with Crippen LogP contribution in [0.25, 0.3) is 10.9 Å². The van der Waals surface area contributed by atoms with Crippen LogP contribution in [0.1, 0.15) is 51.0 Å². The highest BCUT2D eigenvalue weighted by atomic mass is 16.6. The van der Waals surface area contributed by atoms with Gasteiger partial charge in [-0.25, -0.2) is 24.7 Å². The molecule has 1 N–H and O–H groups in total. The third-order valence-corrected chi connectivity index (χ3v) is 3.92. The molecule has 7 nitrogen and oxygen atoms in total. The van der Waals surface area contributed by atoms with Crippen molar-refractivity contribution in [2.24, 2.45) is 0 Å². The Morgan fingerprint density at radius 1 is 1.18 bits per heavy atom. The van der Waals surface area contributed by atoms with Crippen molar-refractivity contribution in [2.75, 3.05) is 5.32 Å². The number of hydrogen-bond acceptors (Lipinski definition) is 6. The molecule has 146 valence electrons. The maximum atomic E-state index is 11.8. The molecule has 3 aromatic rings. The highest BCUT2D eigenvalue weighted by Crippen LogP contribution is 2.38. The van der Waals surface area contributed by atoms with Crippen LogP contribution in [-0.2, 0) is 4.74 Å². The highest BCUT2D eigenvalue weighted by Gasteiger charge is 2.26. The Kier molecular flexibility index (Phi) is 5.82. The molecule has 0 unspecified atom stereocenters. The van der Waals surface area contributed by atoms with Crippen LogP contribution in [0.5, 0.6) is 0 Å². The van der Waals surface area contributed by atoms with Gasteiger partial charge in [0.15, 0.2) is 0 Å². The summed E-state index contributed by atoms with van der Waals surface area (Å²) < 4.78 is 5.24. The lowest BCUT2D eigenvalue weighted by Gasteiger charge is -2.19. The minimum atomic E-state index is -0.512. The Balaban J connectivity index is 0.000000271. The normalized spacial score (nSPS) is 13.4. The molecule has 1 aliphatic rings. The molecule has 0 bridgehead atoms. The number of amides is 1. The van der Waals surface area contributed by atoms with Crippen molar-refractivity contribution < 1.29 is 9.53 Å². The summed E-state index contributed by atoms with van der Waals surface area (Å²) in [7, 11) is 0. The van der Waals surface area contributed by atoms with E-state index in [1.807, 2.05) is 58.2 Å². The summed E-state index contributed by atoms with van der Waals surface area (Å²) in [4.78, 5) is 28.3. The molecule has 7 heteroatoms. The number of fused-ring (bicyclic) bond motifs is 1. The van der Waals surface area contributed by atoms with Gasteiger partial charge < -0.3 is 4.74 Å². The summed E-state index contributed by atoms with van der Waals surface area (Å²) in [6, 6.07) is 7.44. The standard InChI is InChI=1S/C16H19N3O2.C5H6N2/c1-16(2,3)21-15(20)18-12-7-6-11-9-17-14(10-4-5-10)19-13(11)8-12;1-5-2-3-6-4-7-5/h6-10H,4-5H2,1-3H3,(H,18,20);2-4H,1H3. The lowest BCUT2D eigenvalue weighted by molar-refractivity contribution is 0.0636. The van der Waals surface area contributed by atoms with Crippen LogP contribution in [0.4, 0.5) is 10.5 Å². The molecule has 1 fully saturated rings. The average molecular weight is 379 g/mol. The lowest BCUT2D eigenvalue weighted by Crippen LogP contribution is -2.27. The fourth-order valence-electron chi connectivity index (χ4n) is 2.43. The van der Waals surface area contributed by atoms with Gasteiger partial charge in [0, 0.05) is 35.1 Å². The number of anilines is 1. The third-order valence-electron chi connectivity index (χ3n) is 3.92. The molecular weight excluding hydrogens is 354 g/mol. The molecule has 0 atom stereocenters. The molecular formula is C21H25N5O2.